The minimum absolute atomic E-state index is 0.0339. The van der Waals surface area contributed by atoms with Gasteiger partial charge in [-0.3, -0.25) is 9.59 Å². The topological polar surface area (TPSA) is 78.7 Å². The maximum atomic E-state index is 11.7. The van der Waals surface area contributed by atoms with E-state index in [4.69, 9.17) is 5.73 Å². The lowest BCUT2D eigenvalue weighted by atomic mass is 9.99. The fraction of sp³-hybridized carbons (Fsp3) is 0.889. The molecule has 0 bridgehead atoms. The first-order valence-electron chi connectivity index (χ1n) is 9.32. The number of nitrogens with two attached hydrogens (primary N) is 1. The van der Waals surface area contributed by atoms with Gasteiger partial charge in [0.15, 0.2) is 0 Å². The van der Waals surface area contributed by atoms with Crippen molar-refractivity contribution in [3.63, 3.8) is 0 Å². The number of carbonyl (C=O) groups excluding carboxylic acids is 2. The minimum atomic E-state index is -0.0339. The lowest BCUT2D eigenvalue weighted by Crippen LogP contribution is -2.46. The number of rotatable bonds is 3. The van der Waals surface area contributed by atoms with Crippen molar-refractivity contribution in [2.75, 3.05) is 39.8 Å². The summed E-state index contributed by atoms with van der Waals surface area (Å²) in [5.74, 6) is 1.90. The number of nitrogens with one attached hydrogen (secondary N) is 1. The maximum Gasteiger partial charge on any atom is 0.239 e. The van der Waals surface area contributed by atoms with E-state index in [1.807, 2.05) is 23.8 Å². The summed E-state index contributed by atoms with van der Waals surface area (Å²) in [6, 6.07) is -0.0339. The highest BCUT2D eigenvalue weighted by Crippen LogP contribution is 2.16. The predicted molar refractivity (Wildman–Crippen MR) is 97.5 cm³/mol. The van der Waals surface area contributed by atoms with Gasteiger partial charge < -0.3 is 20.9 Å². The number of piperidine rings is 2. The van der Waals surface area contributed by atoms with Gasteiger partial charge in [0.25, 0.3) is 0 Å². The normalized spacial score (nSPS) is 21.0. The lowest BCUT2D eigenvalue weighted by Gasteiger charge is -2.32. The predicted octanol–water partition coefficient (Wildman–Crippen LogP) is 1.06. The SMILES string of the molecule is CC1CCN(C(=O)CN)CC1.CN[C@@H](C)C(=O)N1CCC(C)CC1. The average molecular weight is 341 g/mol. The van der Waals surface area contributed by atoms with Crippen molar-refractivity contribution in [3.8, 4) is 0 Å². The average Bonchev–Trinajstić information content (AvgIpc) is 2.61. The molecule has 140 valence electrons. The van der Waals surface area contributed by atoms with Crippen LogP contribution in [0, 0.1) is 11.8 Å². The third-order valence-electron chi connectivity index (χ3n) is 5.21. The zero-order valence-corrected chi connectivity index (χ0v) is 15.9. The van der Waals surface area contributed by atoms with Gasteiger partial charge in [-0.2, -0.15) is 0 Å². The third-order valence-corrected chi connectivity index (χ3v) is 5.21. The zero-order valence-electron chi connectivity index (χ0n) is 15.9. The number of hydrogen-bond donors (Lipinski definition) is 2. The van der Waals surface area contributed by atoms with Crippen molar-refractivity contribution in [1.29, 1.82) is 0 Å². The Morgan fingerprint density at radius 2 is 1.42 bits per heavy atom. The van der Waals surface area contributed by atoms with Crippen LogP contribution in [0.15, 0.2) is 0 Å². The number of nitrogens with zero attached hydrogens (tertiary/aromatic N) is 2. The minimum Gasteiger partial charge on any atom is -0.342 e. The lowest BCUT2D eigenvalue weighted by molar-refractivity contribution is -0.134. The van der Waals surface area contributed by atoms with Crippen LogP contribution in [0.25, 0.3) is 0 Å². The molecule has 2 rings (SSSR count). The molecule has 0 aromatic rings. The molecule has 2 aliphatic rings. The standard InChI is InChI=1S/C10H20N2O.C8H16N2O/c1-8-4-6-12(7-5-8)10(13)9(2)11-3;1-7-2-4-10(5-3-7)8(11)6-9/h8-9,11H,4-7H2,1-3H3;7H,2-6,9H2,1H3/t9-;/m0./s1. The van der Waals surface area contributed by atoms with Gasteiger partial charge in [-0.05, 0) is 51.5 Å². The molecule has 0 aromatic carbocycles. The number of likely N-dealkylation sites (tertiary alicyclic amines) is 2. The molecule has 2 amide bonds. The van der Waals surface area contributed by atoms with E-state index in [2.05, 4.69) is 19.2 Å². The third kappa shape index (κ3) is 6.77. The van der Waals surface area contributed by atoms with Gasteiger partial charge in [-0.1, -0.05) is 13.8 Å². The van der Waals surface area contributed by atoms with Crippen LogP contribution >= 0.6 is 0 Å². The Morgan fingerprint density at radius 3 is 1.79 bits per heavy atom. The highest BCUT2D eigenvalue weighted by atomic mass is 16.2. The highest BCUT2D eigenvalue weighted by Gasteiger charge is 2.23. The van der Waals surface area contributed by atoms with Gasteiger partial charge in [-0.25, -0.2) is 0 Å². The number of likely N-dealkylation sites (N-methyl/N-ethyl adjacent to an activating group) is 1. The van der Waals surface area contributed by atoms with Crippen molar-refractivity contribution in [2.24, 2.45) is 17.6 Å². The van der Waals surface area contributed by atoms with E-state index in [-0.39, 0.29) is 24.4 Å². The van der Waals surface area contributed by atoms with E-state index in [9.17, 15) is 9.59 Å². The second-order valence-corrected chi connectivity index (χ2v) is 7.29. The molecule has 0 saturated carbocycles. The van der Waals surface area contributed by atoms with Gasteiger partial charge >= 0.3 is 0 Å². The van der Waals surface area contributed by atoms with Crippen molar-refractivity contribution in [1.82, 2.24) is 15.1 Å². The summed E-state index contributed by atoms with van der Waals surface area (Å²) >= 11 is 0. The summed E-state index contributed by atoms with van der Waals surface area (Å²) < 4.78 is 0. The highest BCUT2D eigenvalue weighted by molar-refractivity contribution is 5.81. The van der Waals surface area contributed by atoms with Crippen LogP contribution in [-0.4, -0.2) is 67.4 Å². The molecule has 2 heterocycles. The van der Waals surface area contributed by atoms with Gasteiger partial charge in [0, 0.05) is 26.2 Å². The molecule has 2 aliphatic heterocycles. The Hall–Kier alpha value is -1.14. The van der Waals surface area contributed by atoms with Crippen LogP contribution in [0.3, 0.4) is 0 Å². The second kappa shape index (κ2) is 10.7. The van der Waals surface area contributed by atoms with Gasteiger partial charge in [0.05, 0.1) is 12.6 Å². The van der Waals surface area contributed by atoms with Crippen molar-refractivity contribution in [2.45, 2.75) is 52.5 Å². The van der Waals surface area contributed by atoms with Crippen molar-refractivity contribution in [3.05, 3.63) is 0 Å². The molecule has 6 nitrogen and oxygen atoms in total. The molecule has 0 unspecified atom stereocenters. The molecule has 0 radical (unpaired) electrons. The van der Waals surface area contributed by atoms with Crippen LogP contribution in [0.1, 0.15) is 46.5 Å². The molecule has 2 saturated heterocycles. The number of hydrogen-bond acceptors (Lipinski definition) is 4. The molecule has 1 atom stereocenters. The Morgan fingerprint density at radius 1 is 1.00 bits per heavy atom. The Labute approximate surface area is 147 Å². The molecule has 0 aromatic heterocycles. The summed E-state index contributed by atoms with van der Waals surface area (Å²) in [6.07, 6.45) is 4.57. The Kier molecular flexibility index (Phi) is 9.29. The summed E-state index contributed by atoms with van der Waals surface area (Å²) in [5, 5.41) is 2.98. The number of carbonyl (C=O) groups is 2. The molecular formula is C18H36N4O2. The maximum absolute atomic E-state index is 11.7. The largest absolute Gasteiger partial charge is 0.342 e. The van der Waals surface area contributed by atoms with Crippen molar-refractivity contribution < 1.29 is 9.59 Å². The molecule has 0 aliphatic carbocycles. The molecular weight excluding hydrogens is 304 g/mol. The van der Waals surface area contributed by atoms with Crippen LogP contribution in [0.2, 0.25) is 0 Å². The zero-order chi connectivity index (χ0) is 18.1. The van der Waals surface area contributed by atoms with Crippen LogP contribution in [0.4, 0.5) is 0 Å². The van der Waals surface area contributed by atoms with Gasteiger partial charge in [0.1, 0.15) is 0 Å². The van der Waals surface area contributed by atoms with Crippen LogP contribution < -0.4 is 11.1 Å². The fourth-order valence-electron chi connectivity index (χ4n) is 3.01. The Balaban J connectivity index is 0.000000243. The molecule has 0 spiro atoms. The summed E-state index contributed by atoms with van der Waals surface area (Å²) in [5.41, 5.74) is 5.25. The van der Waals surface area contributed by atoms with E-state index in [0.717, 1.165) is 63.7 Å². The molecule has 3 N–H and O–H groups in total. The Bertz CT molecular complexity index is 386. The second-order valence-electron chi connectivity index (χ2n) is 7.29. The van der Waals surface area contributed by atoms with E-state index in [1.165, 1.54) is 0 Å². The van der Waals surface area contributed by atoms with Crippen LogP contribution in [-0.2, 0) is 9.59 Å². The van der Waals surface area contributed by atoms with E-state index in [1.54, 1.807) is 0 Å². The first-order chi connectivity index (χ1) is 11.4. The van der Waals surface area contributed by atoms with Crippen LogP contribution in [0.5, 0.6) is 0 Å². The molecule has 24 heavy (non-hydrogen) atoms. The van der Waals surface area contributed by atoms with Crippen molar-refractivity contribution >= 4 is 11.8 Å². The quantitative estimate of drug-likeness (QED) is 0.805. The van der Waals surface area contributed by atoms with E-state index in [0.29, 0.717) is 0 Å². The summed E-state index contributed by atoms with van der Waals surface area (Å²) in [7, 11) is 1.83. The van der Waals surface area contributed by atoms with Gasteiger partial charge in [-0.15, -0.1) is 0 Å². The van der Waals surface area contributed by atoms with E-state index >= 15 is 0 Å². The van der Waals surface area contributed by atoms with Gasteiger partial charge in [0.2, 0.25) is 11.8 Å². The molecule has 6 heteroatoms. The smallest absolute Gasteiger partial charge is 0.239 e. The van der Waals surface area contributed by atoms with E-state index < -0.39 is 0 Å². The summed E-state index contributed by atoms with van der Waals surface area (Å²) in [4.78, 5) is 26.6. The fourth-order valence-corrected chi connectivity index (χ4v) is 3.01. The number of amides is 2. The monoisotopic (exact) mass is 340 g/mol. The first-order valence-corrected chi connectivity index (χ1v) is 9.32. The molecule has 2 fully saturated rings. The summed E-state index contributed by atoms with van der Waals surface area (Å²) in [6.45, 7) is 10.2. The first kappa shape index (κ1) is 20.9.